The molecule has 19 heavy (non-hydrogen) atoms. The van der Waals surface area contributed by atoms with E-state index in [-0.39, 0.29) is 6.42 Å². The van der Waals surface area contributed by atoms with E-state index in [1.807, 2.05) is 36.4 Å². The number of hydrogen-bond donors (Lipinski definition) is 1. The number of rotatable bonds is 6. The Kier molecular flexibility index (Phi) is 4.39. The summed E-state index contributed by atoms with van der Waals surface area (Å²) in [6.45, 7) is 2.77. The van der Waals surface area contributed by atoms with Gasteiger partial charge in [-0.1, -0.05) is 37.3 Å². The molecule has 2 rings (SSSR count). The number of aryl methyl sites for hydroxylation is 1. The number of aliphatic carboxylic acids is 1. The Bertz CT molecular complexity index is 575. The summed E-state index contributed by atoms with van der Waals surface area (Å²) in [5, 5.41) is 10.9. The third-order valence-electron chi connectivity index (χ3n) is 3.04. The minimum atomic E-state index is -0.768. The maximum atomic E-state index is 10.7. The van der Waals surface area contributed by atoms with Crippen LogP contribution in [0.4, 0.5) is 0 Å². The lowest BCUT2D eigenvalue weighted by atomic mass is 10.00. The zero-order valence-corrected chi connectivity index (χ0v) is 11.1. The summed E-state index contributed by atoms with van der Waals surface area (Å²) in [5.74, 6) is 0.104. The molecule has 3 heteroatoms. The van der Waals surface area contributed by atoms with E-state index >= 15 is 0 Å². The van der Waals surface area contributed by atoms with Gasteiger partial charge in [0.25, 0.3) is 0 Å². The normalized spacial score (nSPS) is 10.6. The molecule has 2 aromatic rings. The van der Waals surface area contributed by atoms with E-state index < -0.39 is 5.97 Å². The topological polar surface area (TPSA) is 46.5 Å². The van der Waals surface area contributed by atoms with Crippen molar-refractivity contribution in [2.75, 3.05) is 6.61 Å². The molecule has 0 aliphatic carbocycles. The maximum absolute atomic E-state index is 10.7. The molecular weight excluding hydrogens is 240 g/mol. The predicted molar refractivity (Wildman–Crippen MR) is 75.7 cm³/mol. The summed E-state index contributed by atoms with van der Waals surface area (Å²) in [6.07, 6.45) is 1.66. The van der Waals surface area contributed by atoms with Crippen molar-refractivity contribution in [1.82, 2.24) is 0 Å². The molecule has 0 aromatic heterocycles. The first-order chi connectivity index (χ1) is 9.22. The van der Waals surface area contributed by atoms with E-state index in [0.717, 1.165) is 28.5 Å². The minimum Gasteiger partial charge on any atom is -0.493 e. The fourth-order valence-corrected chi connectivity index (χ4v) is 2.13. The molecule has 0 spiro atoms. The molecule has 0 amide bonds. The molecule has 0 atom stereocenters. The van der Waals surface area contributed by atoms with Crippen molar-refractivity contribution in [3.05, 3.63) is 42.0 Å². The molecule has 0 radical (unpaired) electrons. The Morgan fingerprint density at radius 2 is 1.89 bits per heavy atom. The Balaban J connectivity index is 2.37. The lowest BCUT2D eigenvalue weighted by Gasteiger charge is -2.11. The van der Waals surface area contributed by atoms with Gasteiger partial charge in [-0.2, -0.15) is 0 Å². The van der Waals surface area contributed by atoms with Crippen molar-refractivity contribution in [3.63, 3.8) is 0 Å². The number of carboxylic acid groups (broad SMARTS) is 1. The van der Waals surface area contributed by atoms with Gasteiger partial charge in [0.05, 0.1) is 6.61 Å². The highest BCUT2D eigenvalue weighted by atomic mass is 16.5. The average molecular weight is 258 g/mol. The first-order valence-electron chi connectivity index (χ1n) is 6.57. The summed E-state index contributed by atoms with van der Waals surface area (Å²) in [5.41, 5.74) is 1.06. The molecule has 0 aliphatic heterocycles. The SMILES string of the molecule is CCCOc1ccc(CCC(=O)O)c2ccccc12. The van der Waals surface area contributed by atoms with Crippen LogP contribution in [0.3, 0.4) is 0 Å². The predicted octanol–water partition coefficient (Wildman–Crippen LogP) is 3.65. The summed E-state index contributed by atoms with van der Waals surface area (Å²) < 4.78 is 5.73. The molecule has 0 bridgehead atoms. The maximum Gasteiger partial charge on any atom is 0.303 e. The van der Waals surface area contributed by atoms with E-state index in [1.165, 1.54) is 0 Å². The van der Waals surface area contributed by atoms with Crippen LogP contribution in [0, 0.1) is 0 Å². The second-order valence-electron chi connectivity index (χ2n) is 4.51. The van der Waals surface area contributed by atoms with Crippen molar-refractivity contribution in [2.45, 2.75) is 26.2 Å². The van der Waals surface area contributed by atoms with Gasteiger partial charge in [-0.25, -0.2) is 0 Å². The molecular formula is C16H18O3. The molecule has 2 aromatic carbocycles. The lowest BCUT2D eigenvalue weighted by molar-refractivity contribution is -0.136. The third-order valence-corrected chi connectivity index (χ3v) is 3.04. The van der Waals surface area contributed by atoms with Gasteiger partial charge in [0.2, 0.25) is 0 Å². The summed E-state index contributed by atoms with van der Waals surface area (Å²) >= 11 is 0. The Hall–Kier alpha value is -2.03. The minimum absolute atomic E-state index is 0.152. The lowest BCUT2D eigenvalue weighted by Crippen LogP contribution is -2.00. The monoisotopic (exact) mass is 258 g/mol. The van der Waals surface area contributed by atoms with Crippen LogP contribution in [-0.4, -0.2) is 17.7 Å². The number of carboxylic acids is 1. The highest BCUT2D eigenvalue weighted by Gasteiger charge is 2.07. The Morgan fingerprint density at radius 3 is 2.58 bits per heavy atom. The molecule has 0 heterocycles. The van der Waals surface area contributed by atoms with Gasteiger partial charge >= 0.3 is 5.97 Å². The van der Waals surface area contributed by atoms with Gasteiger partial charge in [0.15, 0.2) is 0 Å². The van der Waals surface area contributed by atoms with Gasteiger partial charge in [-0.15, -0.1) is 0 Å². The van der Waals surface area contributed by atoms with Crippen LogP contribution in [0.5, 0.6) is 5.75 Å². The Morgan fingerprint density at radius 1 is 1.16 bits per heavy atom. The van der Waals surface area contributed by atoms with Crippen molar-refractivity contribution in [2.24, 2.45) is 0 Å². The van der Waals surface area contributed by atoms with Crippen LogP contribution in [0.1, 0.15) is 25.3 Å². The van der Waals surface area contributed by atoms with E-state index in [0.29, 0.717) is 13.0 Å². The molecule has 1 N–H and O–H groups in total. The van der Waals surface area contributed by atoms with E-state index in [2.05, 4.69) is 6.92 Å². The van der Waals surface area contributed by atoms with Crippen LogP contribution >= 0.6 is 0 Å². The fourth-order valence-electron chi connectivity index (χ4n) is 2.13. The van der Waals surface area contributed by atoms with Gasteiger partial charge in [0, 0.05) is 11.8 Å². The smallest absolute Gasteiger partial charge is 0.303 e. The van der Waals surface area contributed by atoms with Crippen LogP contribution in [0.25, 0.3) is 10.8 Å². The summed E-state index contributed by atoms with van der Waals surface area (Å²) in [6, 6.07) is 11.9. The molecule has 0 saturated carbocycles. The van der Waals surface area contributed by atoms with Gasteiger partial charge in [-0.3, -0.25) is 4.79 Å². The number of fused-ring (bicyclic) bond motifs is 1. The van der Waals surface area contributed by atoms with E-state index in [9.17, 15) is 4.79 Å². The first-order valence-corrected chi connectivity index (χ1v) is 6.57. The molecule has 0 saturated heterocycles. The van der Waals surface area contributed by atoms with Crippen LogP contribution < -0.4 is 4.74 Å². The van der Waals surface area contributed by atoms with E-state index in [4.69, 9.17) is 9.84 Å². The number of ether oxygens (including phenoxy) is 1. The first kappa shape index (κ1) is 13.4. The molecule has 0 unspecified atom stereocenters. The highest BCUT2D eigenvalue weighted by Crippen LogP contribution is 2.29. The summed E-state index contributed by atoms with van der Waals surface area (Å²) in [4.78, 5) is 10.7. The van der Waals surface area contributed by atoms with Gasteiger partial charge < -0.3 is 9.84 Å². The van der Waals surface area contributed by atoms with Crippen LogP contribution in [0.15, 0.2) is 36.4 Å². The van der Waals surface area contributed by atoms with Crippen molar-refractivity contribution in [3.8, 4) is 5.75 Å². The van der Waals surface area contributed by atoms with E-state index in [1.54, 1.807) is 0 Å². The standard InChI is InChI=1S/C16H18O3/c1-2-11-19-15-9-7-12(8-10-16(17)18)13-5-3-4-6-14(13)15/h3-7,9H,2,8,10-11H2,1H3,(H,17,18). The third kappa shape index (κ3) is 3.25. The zero-order valence-electron chi connectivity index (χ0n) is 11.1. The number of benzene rings is 2. The molecule has 0 fully saturated rings. The second kappa shape index (κ2) is 6.23. The van der Waals surface area contributed by atoms with Crippen LogP contribution in [0.2, 0.25) is 0 Å². The molecule has 3 nitrogen and oxygen atoms in total. The Labute approximate surface area is 112 Å². The van der Waals surface area contributed by atoms with Crippen molar-refractivity contribution in [1.29, 1.82) is 0 Å². The summed E-state index contributed by atoms with van der Waals surface area (Å²) in [7, 11) is 0. The zero-order chi connectivity index (χ0) is 13.7. The number of hydrogen-bond acceptors (Lipinski definition) is 2. The van der Waals surface area contributed by atoms with Gasteiger partial charge in [-0.05, 0) is 29.9 Å². The van der Waals surface area contributed by atoms with Crippen LogP contribution in [-0.2, 0) is 11.2 Å². The second-order valence-corrected chi connectivity index (χ2v) is 4.51. The average Bonchev–Trinajstić information content (AvgIpc) is 2.43. The van der Waals surface area contributed by atoms with Gasteiger partial charge in [0.1, 0.15) is 5.75 Å². The largest absolute Gasteiger partial charge is 0.493 e. The fraction of sp³-hybridized carbons (Fsp3) is 0.312. The van der Waals surface area contributed by atoms with Crippen molar-refractivity contribution < 1.29 is 14.6 Å². The molecule has 100 valence electrons. The number of carbonyl (C=O) groups is 1. The quantitative estimate of drug-likeness (QED) is 0.860. The highest BCUT2D eigenvalue weighted by molar-refractivity contribution is 5.91. The molecule has 0 aliphatic rings. The van der Waals surface area contributed by atoms with Crippen molar-refractivity contribution >= 4 is 16.7 Å².